The highest BCUT2D eigenvalue weighted by Crippen LogP contribution is 2.27. The summed E-state index contributed by atoms with van der Waals surface area (Å²) < 4.78 is 10.9. The fourth-order valence-electron chi connectivity index (χ4n) is 2.01. The Labute approximate surface area is 113 Å². The number of nitrogens with zero attached hydrogens (tertiary/aromatic N) is 2. The summed E-state index contributed by atoms with van der Waals surface area (Å²) in [6, 6.07) is 0. The molecule has 2 heterocycles. The molecule has 1 aliphatic rings. The summed E-state index contributed by atoms with van der Waals surface area (Å²) in [4.78, 5) is 26.8. The number of aliphatic hydroxyl groups is 2. The number of hydrogen-bond donors (Lipinski definition) is 3. The van der Waals surface area contributed by atoms with Crippen LogP contribution in [0.4, 0.5) is 5.82 Å². The van der Waals surface area contributed by atoms with Gasteiger partial charge in [-0.05, 0) is 0 Å². The zero-order valence-electron chi connectivity index (χ0n) is 10.7. The molecule has 0 bridgehead atoms. The molecule has 110 valence electrons. The second kappa shape index (κ2) is 5.57. The van der Waals surface area contributed by atoms with Gasteiger partial charge in [0.05, 0.1) is 19.8 Å². The largest absolute Gasteiger partial charge is 0.465 e. The second-order valence-corrected chi connectivity index (χ2v) is 4.34. The molecule has 1 fully saturated rings. The minimum atomic E-state index is -0.906. The minimum Gasteiger partial charge on any atom is -0.465 e. The van der Waals surface area contributed by atoms with Gasteiger partial charge in [-0.1, -0.05) is 0 Å². The van der Waals surface area contributed by atoms with Crippen molar-refractivity contribution in [3.63, 3.8) is 0 Å². The van der Waals surface area contributed by atoms with Gasteiger partial charge in [0.25, 0.3) is 0 Å². The quantitative estimate of drug-likeness (QED) is 0.556. The minimum absolute atomic E-state index is 0.0716. The van der Waals surface area contributed by atoms with Crippen LogP contribution in [0.2, 0.25) is 0 Å². The Kier molecular flexibility index (Phi) is 4.02. The number of nitrogens with two attached hydrogens (primary N) is 1. The van der Waals surface area contributed by atoms with Gasteiger partial charge in [0.1, 0.15) is 23.7 Å². The average Bonchev–Trinajstić information content (AvgIpc) is 2.79. The molecule has 20 heavy (non-hydrogen) atoms. The van der Waals surface area contributed by atoms with Crippen molar-refractivity contribution in [1.82, 2.24) is 9.55 Å². The van der Waals surface area contributed by atoms with E-state index in [1.165, 1.54) is 13.3 Å². The van der Waals surface area contributed by atoms with E-state index in [1.807, 2.05) is 0 Å². The van der Waals surface area contributed by atoms with Gasteiger partial charge < -0.3 is 25.4 Å². The molecule has 3 atom stereocenters. The number of nitrogen functional groups attached to an aromatic ring is 1. The number of esters is 1. The first-order valence-electron chi connectivity index (χ1n) is 5.89. The van der Waals surface area contributed by atoms with Crippen LogP contribution in [0.5, 0.6) is 0 Å². The maximum atomic E-state index is 11.8. The molecule has 9 nitrogen and oxygen atoms in total. The van der Waals surface area contributed by atoms with Gasteiger partial charge in [-0.25, -0.2) is 9.59 Å². The zero-order chi connectivity index (χ0) is 14.9. The SMILES string of the molecule is COC(=O)c1cn([C@H]2C[C@H](O)[C@@H](CO)O2)c(=O)nc1N. The lowest BCUT2D eigenvalue weighted by molar-refractivity contribution is -0.0459. The molecular formula is C11H15N3O6. The highest BCUT2D eigenvalue weighted by atomic mass is 16.5. The van der Waals surface area contributed by atoms with Crippen molar-refractivity contribution in [2.45, 2.75) is 24.9 Å². The average molecular weight is 285 g/mol. The van der Waals surface area contributed by atoms with Crippen LogP contribution in [0.25, 0.3) is 0 Å². The number of aromatic nitrogens is 2. The highest BCUT2D eigenvalue weighted by molar-refractivity contribution is 5.93. The fraction of sp³-hybridized carbons (Fsp3) is 0.545. The van der Waals surface area contributed by atoms with Crippen molar-refractivity contribution in [1.29, 1.82) is 0 Å². The number of aliphatic hydroxyl groups excluding tert-OH is 2. The van der Waals surface area contributed by atoms with E-state index in [9.17, 15) is 14.7 Å². The van der Waals surface area contributed by atoms with Crippen LogP contribution in [0, 0.1) is 0 Å². The monoisotopic (exact) mass is 285 g/mol. The van der Waals surface area contributed by atoms with E-state index in [1.54, 1.807) is 0 Å². The first kappa shape index (κ1) is 14.4. The van der Waals surface area contributed by atoms with Crippen LogP contribution in [-0.4, -0.2) is 51.7 Å². The summed E-state index contributed by atoms with van der Waals surface area (Å²) in [6.07, 6.45) is -1.25. The lowest BCUT2D eigenvalue weighted by Gasteiger charge is -2.15. The van der Waals surface area contributed by atoms with E-state index in [0.717, 1.165) is 4.57 Å². The Morgan fingerprint density at radius 1 is 1.70 bits per heavy atom. The summed E-state index contributed by atoms with van der Waals surface area (Å²) in [5.74, 6) is -0.976. The molecule has 1 aromatic rings. The van der Waals surface area contributed by atoms with Crippen LogP contribution in [0.15, 0.2) is 11.0 Å². The van der Waals surface area contributed by atoms with Gasteiger partial charge in [0.15, 0.2) is 0 Å². The molecule has 0 amide bonds. The smallest absolute Gasteiger partial charge is 0.351 e. The normalized spacial score (nSPS) is 25.6. The molecule has 0 radical (unpaired) electrons. The first-order valence-corrected chi connectivity index (χ1v) is 5.89. The van der Waals surface area contributed by atoms with Crippen molar-refractivity contribution in [2.75, 3.05) is 19.5 Å². The van der Waals surface area contributed by atoms with E-state index in [2.05, 4.69) is 9.72 Å². The first-order chi connectivity index (χ1) is 9.47. The lowest BCUT2D eigenvalue weighted by atomic mass is 10.2. The Bertz CT molecular complexity index is 572. The Balaban J connectivity index is 2.38. The lowest BCUT2D eigenvalue weighted by Crippen LogP contribution is -2.30. The molecule has 2 rings (SSSR count). The molecule has 0 aliphatic carbocycles. The number of hydrogen-bond acceptors (Lipinski definition) is 8. The van der Waals surface area contributed by atoms with Gasteiger partial charge in [0, 0.05) is 12.6 Å². The summed E-state index contributed by atoms with van der Waals surface area (Å²) in [5, 5.41) is 18.7. The van der Waals surface area contributed by atoms with Gasteiger partial charge >= 0.3 is 11.7 Å². The molecule has 0 unspecified atom stereocenters. The number of carbonyl (C=O) groups is 1. The molecular weight excluding hydrogens is 270 g/mol. The van der Waals surface area contributed by atoms with Crippen LogP contribution in [0.1, 0.15) is 23.0 Å². The van der Waals surface area contributed by atoms with Crippen molar-refractivity contribution in [2.24, 2.45) is 0 Å². The maximum absolute atomic E-state index is 11.8. The van der Waals surface area contributed by atoms with Crippen molar-refractivity contribution in [3.05, 3.63) is 22.2 Å². The summed E-state index contributed by atoms with van der Waals surface area (Å²) in [7, 11) is 1.18. The molecule has 1 saturated heterocycles. The van der Waals surface area contributed by atoms with Crippen LogP contribution >= 0.6 is 0 Å². The van der Waals surface area contributed by atoms with Crippen molar-refractivity contribution >= 4 is 11.8 Å². The highest BCUT2D eigenvalue weighted by Gasteiger charge is 2.35. The van der Waals surface area contributed by atoms with Crippen LogP contribution < -0.4 is 11.4 Å². The van der Waals surface area contributed by atoms with Crippen LogP contribution in [0.3, 0.4) is 0 Å². The number of rotatable bonds is 3. The second-order valence-electron chi connectivity index (χ2n) is 4.34. The van der Waals surface area contributed by atoms with E-state index in [4.69, 9.17) is 15.6 Å². The van der Waals surface area contributed by atoms with E-state index in [-0.39, 0.29) is 24.4 Å². The van der Waals surface area contributed by atoms with Crippen molar-refractivity contribution < 1.29 is 24.5 Å². The third-order valence-electron chi connectivity index (χ3n) is 3.08. The Hall–Kier alpha value is -1.97. The zero-order valence-corrected chi connectivity index (χ0v) is 10.7. The van der Waals surface area contributed by atoms with Gasteiger partial charge in [0.2, 0.25) is 0 Å². The topological polar surface area (TPSA) is 137 Å². The molecule has 0 saturated carbocycles. The standard InChI is InChI=1S/C11H15N3O6/c1-19-10(17)5-3-14(11(18)13-9(5)12)8-2-6(16)7(4-15)20-8/h3,6-8,15-16H,2,4H2,1H3,(H2,12,13,18)/t6-,7+,8+/m0/s1. The predicted molar refractivity (Wildman–Crippen MR) is 65.9 cm³/mol. The Morgan fingerprint density at radius 3 is 2.95 bits per heavy atom. The number of methoxy groups -OCH3 is 1. The molecule has 4 N–H and O–H groups in total. The third-order valence-corrected chi connectivity index (χ3v) is 3.08. The maximum Gasteiger partial charge on any atom is 0.351 e. The predicted octanol–water partition coefficient (Wildman–Crippen LogP) is -1.75. The number of carbonyl (C=O) groups excluding carboxylic acids is 1. The number of anilines is 1. The molecule has 1 aliphatic heterocycles. The summed E-state index contributed by atoms with van der Waals surface area (Å²) in [5.41, 5.74) is 4.70. The number of ether oxygens (including phenoxy) is 2. The Morgan fingerprint density at radius 2 is 2.40 bits per heavy atom. The van der Waals surface area contributed by atoms with Gasteiger partial charge in [-0.3, -0.25) is 4.57 Å². The van der Waals surface area contributed by atoms with Gasteiger partial charge in [-0.15, -0.1) is 0 Å². The fourth-order valence-corrected chi connectivity index (χ4v) is 2.01. The van der Waals surface area contributed by atoms with Crippen molar-refractivity contribution in [3.8, 4) is 0 Å². The van der Waals surface area contributed by atoms with Crippen LogP contribution in [-0.2, 0) is 9.47 Å². The molecule has 1 aromatic heterocycles. The van der Waals surface area contributed by atoms with E-state index >= 15 is 0 Å². The third kappa shape index (κ3) is 2.50. The van der Waals surface area contributed by atoms with E-state index < -0.39 is 30.1 Å². The molecule has 9 heteroatoms. The molecule has 0 spiro atoms. The van der Waals surface area contributed by atoms with E-state index in [0.29, 0.717) is 0 Å². The summed E-state index contributed by atoms with van der Waals surface area (Å²) in [6.45, 7) is -0.376. The summed E-state index contributed by atoms with van der Waals surface area (Å²) >= 11 is 0. The van der Waals surface area contributed by atoms with Gasteiger partial charge in [-0.2, -0.15) is 4.98 Å². The molecule has 0 aromatic carbocycles.